The molecule has 0 N–H and O–H groups in total. The van der Waals surface area contributed by atoms with Crippen LogP contribution in [0.5, 0.6) is 0 Å². The van der Waals surface area contributed by atoms with Crippen LogP contribution in [0.1, 0.15) is 28.0 Å². The monoisotopic (exact) mass is 290 g/mol. The first-order chi connectivity index (χ1) is 7.52. The van der Waals surface area contributed by atoms with Gasteiger partial charge in [0.1, 0.15) is 11.6 Å². The molecule has 0 bridgehead atoms. The molecule has 0 unspecified atom stereocenters. The number of hydrogen-bond acceptors (Lipinski definition) is 4. The number of esters is 1. The number of nitriles is 1. The topological polar surface area (TPSA) is 63.0 Å². The number of nitrogens with zero attached hydrogens (tertiary/aromatic N) is 2. The second-order valence-corrected chi connectivity index (χ2v) is 3.50. The lowest BCUT2D eigenvalue weighted by molar-refractivity contribution is 0.0588. The molecule has 0 saturated heterocycles. The molecule has 84 valence electrons. The van der Waals surface area contributed by atoms with Crippen LogP contribution in [0.2, 0.25) is 0 Å². The summed E-state index contributed by atoms with van der Waals surface area (Å²) in [6.07, 6.45) is -1.86. The highest BCUT2D eigenvalue weighted by molar-refractivity contribution is 9.10. The molecule has 0 saturated carbocycles. The minimum atomic E-state index is -2.90. The molecule has 0 fully saturated rings. The van der Waals surface area contributed by atoms with Crippen molar-refractivity contribution in [2.24, 2.45) is 0 Å². The molecule has 0 aliphatic rings. The molecule has 4 nitrogen and oxygen atoms in total. The van der Waals surface area contributed by atoms with E-state index in [9.17, 15) is 13.6 Å². The summed E-state index contributed by atoms with van der Waals surface area (Å²) in [6, 6.07) is 1.57. The molecule has 0 aliphatic heterocycles. The lowest BCUT2D eigenvalue weighted by atomic mass is 10.1. The van der Waals surface area contributed by atoms with Gasteiger partial charge in [0.2, 0.25) is 0 Å². The van der Waals surface area contributed by atoms with Gasteiger partial charge in [0.15, 0.2) is 5.69 Å². The molecule has 1 aromatic heterocycles. The number of rotatable bonds is 2. The van der Waals surface area contributed by atoms with E-state index in [0.29, 0.717) is 0 Å². The third-order valence-electron chi connectivity index (χ3n) is 1.78. The zero-order valence-corrected chi connectivity index (χ0v) is 9.59. The molecule has 1 heterocycles. The summed E-state index contributed by atoms with van der Waals surface area (Å²) >= 11 is 2.85. The van der Waals surface area contributed by atoms with Gasteiger partial charge in [-0.1, -0.05) is 0 Å². The second-order valence-electron chi connectivity index (χ2n) is 2.65. The maximum atomic E-state index is 12.7. The van der Waals surface area contributed by atoms with Crippen LogP contribution in [-0.2, 0) is 4.74 Å². The van der Waals surface area contributed by atoms with E-state index in [2.05, 4.69) is 25.7 Å². The maximum Gasteiger partial charge on any atom is 0.341 e. The average Bonchev–Trinajstić information content (AvgIpc) is 2.27. The van der Waals surface area contributed by atoms with E-state index in [1.165, 1.54) is 0 Å². The summed E-state index contributed by atoms with van der Waals surface area (Å²) in [5.74, 6) is -1.01. The number of methoxy groups -OCH3 is 1. The molecule has 1 aromatic rings. The summed E-state index contributed by atoms with van der Waals surface area (Å²) in [4.78, 5) is 14.9. The van der Waals surface area contributed by atoms with Crippen molar-refractivity contribution in [1.29, 1.82) is 5.26 Å². The number of ether oxygens (including phenoxy) is 1. The Morgan fingerprint density at radius 2 is 2.31 bits per heavy atom. The Bertz CT molecular complexity index is 471. The van der Waals surface area contributed by atoms with E-state index in [-0.39, 0.29) is 10.2 Å². The molecule has 0 aliphatic carbocycles. The Kier molecular flexibility index (Phi) is 3.90. The van der Waals surface area contributed by atoms with E-state index in [1.54, 1.807) is 6.07 Å². The third kappa shape index (κ3) is 2.17. The van der Waals surface area contributed by atoms with E-state index in [0.717, 1.165) is 13.3 Å². The van der Waals surface area contributed by atoms with Crippen molar-refractivity contribution in [1.82, 2.24) is 4.98 Å². The van der Waals surface area contributed by atoms with Crippen LogP contribution in [0.25, 0.3) is 0 Å². The van der Waals surface area contributed by atoms with E-state index in [4.69, 9.17) is 5.26 Å². The molecule has 1 rings (SSSR count). The van der Waals surface area contributed by atoms with Gasteiger partial charge in [-0.15, -0.1) is 0 Å². The van der Waals surface area contributed by atoms with Crippen LogP contribution >= 0.6 is 15.9 Å². The highest BCUT2D eigenvalue weighted by atomic mass is 79.9. The van der Waals surface area contributed by atoms with E-state index >= 15 is 0 Å². The van der Waals surface area contributed by atoms with Crippen LogP contribution in [-0.4, -0.2) is 18.1 Å². The van der Waals surface area contributed by atoms with Crippen molar-refractivity contribution >= 4 is 21.9 Å². The van der Waals surface area contributed by atoms with Crippen LogP contribution in [0.3, 0.4) is 0 Å². The zero-order valence-electron chi connectivity index (χ0n) is 8.00. The number of aromatic nitrogens is 1. The number of halogens is 3. The van der Waals surface area contributed by atoms with Gasteiger partial charge in [-0.2, -0.15) is 5.26 Å². The number of alkyl halides is 2. The summed E-state index contributed by atoms with van der Waals surface area (Å²) in [5.41, 5.74) is -1.47. The van der Waals surface area contributed by atoms with Gasteiger partial charge in [-0.05, 0) is 15.9 Å². The fraction of sp³-hybridized carbons (Fsp3) is 0.222. The molecule has 0 spiro atoms. The van der Waals surface area contributed by atoms with Gasteiger partial charge in [-0.3, -0.25) is 0 Å². The quantitative estimate of drug-likeness (QED) is 0.785. The van der Waals surface area contributed by atoms with Crippen LogP contribution in [0.4, 0.5) is 8.78 Å². The number of carbonyl (C=O) groups excluding carboxylic acids is 1. The molecular formula is C9H5BrF2N2O2. The van der Waals surface area contributed by atoms with Crippen LogP contribution in [0.15, 0.2) is 10.7 Å². The lowest BCUT2D eigenvalue weighted by Crippen LogP contribution is -2.11. The van der Waals surface area contributed by atoms with Crippen molar-refractivity contribution in [2.45, 2.75) is 6.43 Å². The fourth-order valence-electron chi connectivity index (χ4n) is 1.11. The van der Waals surface area contributed by atoms with E-state index in [1.807, 2.05) is 0 Å². The smallest absolute Gasteiger partial charge is 0.341 e. The number of hydrogen-bond donors (Lipinski definition) is 0. The molecule has 0 atom stereocenters. The molecule has 0 aromatic carbocycles. The van der Waals surface area contributed by atoms with Gasteiger partial charge in [0.05, 0.1) is 12.7 Å². The summed E-state index contributed by atoms with van der Waals surface area (Å²) < 4.78 is 29.8. The summed E-state index contributed by atoms with van der Waals surface area (Å²) in [7, 11) is 1.04. The van der Waals surface area contributed by atoms with Crippen molar-refractivity contribution in [3.63, 3.8) is 0 Å². The number of pyridine rings is 1. The van der Waals surface area contributed by atoms with Gasteiger partial charge < -0.3 is 4.74 Å². The highest BCUT2D eigenvalue weighted by Gasteiger charge is 2.26. The fourth-order valence-corrected chi connectivity index (χ4v) is 1.58. The summed E-state index contributed by atoms with van der Waals surface area (Å²) in [5, 5.41) is 8.68. The first kappa shape index (κ1) is 12.5. The van der Waals surface area contributed by atoms with Crippen molar-refractivity contribution in [3.05, 3.63) is 27.5 Å². The maximum absolute atomic E-state index is 12.7. The molecule has 0 radical (unpaired) electrons. The van der Waals surface area contributed by atoms with Crippen molar-refractivity contribution in [2.75, 3.05) is 7.11 Å². The van der Waals surface area contributed by atoms with Gasteiger partial charge in [0.25, 0.3) is 6.43 Å². The van der Waals surface area contributed by atoms with E-state index < -0.39 is 23.5 Å². The first-order valence-electron chi connectivity index (χ1n) is 3.97. The minimum Gasteiger partial charge on any atom is -0.465 e. The molecule has 7 heteroatoms. The predicted molar refractivity (Wildman–Crippen MR) is 52.9 cm³/mol. The summed E-state index contributed by atoms with van der Waals surface area (Å²) in [6.45, 7) is 0. The van der Waals surface area contributed by atoms with Crippen molar-refractivity contribution in [3.8, 4) is 6.07 Å². The van der Waals surface area contributed by atoms with Gasteiger partial charge in [0, 0.05) is 10.7 Å². The van der Waals surface area contributed by atoms with Crippen molar-refractivity contribution < 1.29 is 18.3 Å². The standard InChI is InChI=1S/C9H5BrF2N2O2/c1-16-9(15)7-5(2-13)14-3-4(10)6(7)8(11)12/h3,8H,1H3. The molecule has 0 amide bonds. The highest BCUT2D eigenvalue weighted by Crippen LogP contribution is 2.31. The Labute approximate surface area is 98.0 Å². The Balaban J connectivity index is 3.57. The number of carbonyl (C=O) groups is 1. The molecular weight excluding hydrogens is 286 g/mol. The Morgan fingerprint density at radius 1 is 1.69 bits per heavy atom. The minimum absolute atomic E-state index is 0.0399. The predicted octanol–water partition coefficient (Wildman–Crippen LogP) is 2.44. The van der Waals surface area contributed by atoms with Gasteiger partial charge >= 0.3 is 5.97 Å². The largest absolute Gasteiger partial charge is 0.465 e. The Morgan fingerprint density at radius 3 is 2.75 bits per heavy atom. The van der Waals surface area contributed by atoms with Crippen LogP contribution in [0, 0.1) is 11.3 Å². The molecule has 16 heavy (non-hydrogen) atoms. The SMILES string of the molecule is COC(=O)c1c(C#N)ncc(Br)c1C(F)F. The normalized spacial score (nSPS) is 10.0. The second kappa shape index (κ2) is 4.99. The zero-order chi connectivity index (χ0) is 12.3. The first-order valence-corrected chi connectivity index (χ1v) is 4.77. The third-order valence-corrected chi connectivity index (χ3v) is 2.42. The lowest BCUT2D eigenvalue weighted by Gasteiger charge is -2.09. The van der Waals surface area contributed by atoms with Gasteiger partial charge in [-0.25, -0.2) is 18.6 Å². The Hall–Kier alpha value is -1.55. The average molecular weight is 291 g/mol. The van der Waals surface area contributed by atoms with Crippen LogP contribution < -0.4 is 0 Å².